The van der Waals surface area contributed by atoms with Crippen molar-refractivity contribution in [2.75, 3.05) is 38.7 Å². The fourth-order valence-electron chi connectivity index (χ4n) is 1.42. The number of rotatable bonds is 8. The summed E-state index contributed by atoms with van der Waals surface area (Å²) in [5.74, 6) is 0.673. The minimum atomic E-state index is -0.0321. The largest absolute Gasteiger partial charge is 0.484 e. The summed E-state index contributed by atoms with van der Waals surface area (Å²) in [7, 11) is 1.62. The molecule has 0 radical (unpaired) electrons. The number of para-hydroxylation sites is 1. The zero-order valence-corrected chi connectivity index (χ0v) is 12.1. The van der Waals surface area contributed by atoms with Crippen molar-refractivity contribution in [3.8, 4) is 5.75 Å². The molecule has 100 valence electrons. The Balaban J connectivity index is 2.40. The number of halogens is 1. The summed E-state index contributed by atoms with van der Waals surface area (Å²) in [6, 6.07) is 9.32. The summed E-state index contributed by atoms with van der Waals surface area (Å²) in [6.45, 7) is 1.82. The van der Waals surface area contributed by atoms with Gasteiger partial charge in [-0.25, -0.2) is 0 Å². The van der Waals surface area contributed by atoms with E-state index in [4.69, 9.17) is 9.47 Å². The van der Waals surface area contributed by atoms with E-state index in [-0.39, 0.29) is 12.5 Å². The Labute approximate surface area is 116 Å². The molecule has 0 aromatic heterocycles. The van der Waals surface area contributed by atoms with Crippen LogP contribution in [0.4, 0.5) is 0 Å². The number of hydrogen-bond donors (Lipinski definition) is 0. The number of alkyl halides is 1. The molecule has 1 aromatic carbocycles. The van der Waals surface area contributed by atoms with Gasteiger partial charge in [-0.2, -0.15) is 0 Å². The van der Waals surface area contributed by atoms with Crippen molar-refractivity contribution in [1.29, 1.82) is 0 Å². The number of carbonyl (C=O) groups excluding carboxylic acids is 1. The zero-order chi connectivity index (χ0) is 13.2. The lowest BCUT2D eigenvalue weighted by Crippen LogP contribution is -2.38. The molecule has 0 unspecified atom stereocenters. The monoisotopic (exact) mass is 315 g/mol. The van der Waals surface area contributed by atoms with Crippen LogP contribution in [0.1, 0.15) is 0 Å². The van der Waals surface area contributed by atoms with Gasteiger partial charge in [-0.1, -0.05) is 34.1 Å². The molecular weight excluding hydrogens is 298 g/mol. The lowest BCUT2D eigenvalue weighted by molar-refractivity contribution is -0.133. The second-order valence-electron chi connectivity index (χ2n) is 3.66. The topological polar surface area (TPSA) is 38.8 Å². The van der Waals surface area contributed by atoms with Crippen LogP contribution in [0, 0.1) is 0 Å². The highest BCUT2D eigenvalue weighted by molar-refractivity contribution is 9.09. The van der Waals surface area contributed by atoms with Crippen molar-refractivity contribution in [2.24, 2.45) is 0 Å². The molecule has 0 aliphatic carbocycles. The molecular formula is C13H18BrNO3. The fraction of sp³-hybridized carbons (Fsp3) is 0.462. The molecule has 0 aliphatic heterocycles. The van der Waals surface area contributed by atoms with E-state index in [0.29, 0.717) is 25.4 Å². The third-order valence-electron chi connectivity index (χ3n) is 2.38. The number of hydrogen-bond acceptors (Lipinski definition) is 3. The molecule has 4 nitrogen and oxygen atoms in total. The predicted octanol–water partition coefficient (Wildman–Crippen LogP) is 1.94. The molecule has 0 fully saturated rings. The Kier molecular flexibility index (Phi) is 7.44. The number of methoxy groups -OCH3 is 1. The van der Waals surface area contributed by atoms with Crippen LogP contribution < -0.4 is 4.74 Å². The van der Waals surface area contributed by atoms with Crippen LogP contribution in [-0.4, -0.2) is 49.6 Å². The van der Waals surface area contributed by atoms with Gasteiger partial charge in [0.2, 0.25) is 0 Å². The molecule has 1 amide bonds. The van der Waals surface area contributed by atoms with Gasteiger partial charge in [0.15, 0.2) is 6.61 Å². The summed E-state index contributed by atoms with van der Waals surface area (Å²) in [6.07, 6.45) is 0. The van der Waals surface area contributed by atoms with Crippen LogP contribution in [0.15, 0.2) is 30.3 Å². The van der Waals surface area contributed by atoms with Gasteiger partial charge in [0.25, 0.3) is 5.91 Å². The second kappa shape index (κ2) is 8.94. The van der Waals surface area contributed by atoms with Gasteiger partial charge in [0.1, 0.15) is 5.75 Å². The van der Waals surface area contributed by atoms with Crippen LogP contribution in [-0.2, 0) is 9.53 Å². The molecule has 0 heterocycles. The molecule has 0 aliphatic rings. The first-order valence-corrected chi connectivity index (χ1v) is 6.90. The van der Waals surface area contributed by atoms with Crippen LogP contribution in [0.3, 0.4) is 0 Å². The predicted molar refractivity (Wildman–Crippen MR) is 74.2 cm³/mol. The van der Waals surface area contributed by atoms with Gasteiger partial charge in [-0.05, 0) is 12.1 Å². The maximum atomic E-state index is 11.9. The number of carbonyl (C=O) groups is 1. The average molecular weight is 316 g/mol. The van der Waals surface area contributed by atoms with Crippen molar-refractivity contribution < 1.29 is 14.3 Å². The van der Waals surface area contributed by atoms with Crippen LogP contribution >= 0.6 is 15.9 Å². The van der Waals surface area contributed by atoms with Gasteiger partial charge < -0.3 is 14.4 Å². The summed E-state index contributed by atoms with van der Waals surface area (Å²) < 4.78 is 10.4. The molecule has 0 bridgehead atoms. The Bertz CT molecular complexity index is 345. The number of nitrogens with zero attached hydrogens (tertiary/aromatic N) is 1. The molecule has 0 spiro atoms. The Hall–Kier alpha value is -1.07. The third kappa shape index (κ3) is 5.51. The van der Waals surface area contributed by atoms with Gasteiger partial charge in [-0.3, -0.25) is 4.79 Å². The number of benzene rings is 1. The Morgan fingerprint density at radius 1 is 1.28 bits per heavy atom. The lowest BCUT2D eigenvalue weighted by Gasteiger charge is -2.21. The van der Waals surface area contributed by atoms with Crippen molar-refractivity contribution in [1.82, 2.24) is 4.90 Å². The second-order valence-corrected chi connectivity index (χ2v) is 4.46. The van der Waals surface area contributed by atoms with Crippen molar-refractivity contribution in [3.05, 3.63) is 30.3 Å². The van der Waals surface area contributed by atoms with Crippen LogP contribution in [0.25, 0.3) is 0 Å². The van der Waals surface area contributed by atoms with E-state index in [0.717, 1.165) is 5.33 Å². The Morgan fingerprint density at radius 2 is 2.00 bits per heavy atom. The molecule has 18 heavy (non-hydrogen) atoms. The van der Waals surface area contributed by atoms with Gasteiger partial charge in [-0.15, -0.1) is 0 Å². The molecule has 0 saturated heterocycles. The molecule has 5 heteroatoms. The van der Waals surface area contributed by atoms with E-state index in [1.165, 1.54) is 0 Å². The first-order chi connectivity index (χ1) is 8.77. The van der Waals surface area contributed by atoms with Crippen molar-refractivity contribution in [2.45, 2.75) is 0 Å². The van der Waals surface area contributed by atoms with Gasteiger partial charge in [0, 0.05) is 25.5 Å². The highest BCUT2D eigenvalue weighted by Crippen LogP contribution is 2.08. The van der Waals surface area contributed by atoms with Crippen molar-refractivity contribution in [3.63, 3.8) is 0 Å². The Morgan fingerprint density at radius 3 is 2.61 bits per heavy atom. The molecule has 0 atom stereocenters. The van der Waals surface area contributed by atoms with E-state index in [1.54, 1.807) is 12.0 Å². The van der Waals surface area contributed by atoms with E-state index >= 15 is 0 Å². The maximum Gasteiger partial charge on any atom is 0.260 e. The smallest absolute Gasteiger partial charge is 0.260 e. The van der Waals surface area contributed by atoms with Crippen LogP contribution in [0.2, 0.25) is 0 Å². The lowest BCUT2D eigenvalue weighted by atomic mass is 10.3. The molecule has 0 saturated carbocycles. The first-order valence-electron chi connectivity index (χ1n) is 5.78. The highest BCUT2D eigenvalue weighted by atomic mass is 79.9. The third-order valence-corrected chi connectivity index (χ3v) is 2.73. The van der Waals surface area contributed by atoms with E-state index in [2.05, 4.69) is 15.9 Å². The fourth-order valence-corrected chi connectivity index (χ4v) is 1.85. The minimum Gasteiger partial charge on any atom is -0.484 e. The zero-order valence-electron chi connectivity index (χ0n) is 10.5. The van der Waals surface area contributed by atoms with E-state index in [9.17, 15) is 4.79 Å². The average Bonchev–Trinajstić information content (AvgIpc) is 2.42. The summed E-state index contributed by atoms with van der Waals surface area (Å²) in [4.78, 5) is 13.7. The number of amides is 1. The highest BCUT2D eigenvalue weighted by Gasteiger charge is 2.13. The standard InChI is InChI=1S/C13H18BrNO3/c1-17-10-9-15(8-7-14)13(16)11-18-12-5-3-2-4-6-12/h2-6H,7-11H2,1H3. The molecule has 0 N–H and O–H groups in total. The maximum absolute atomic E-state index is 11.9. The SMILES string of the molecule is COCCN(CCBr)C(=O)COc1ccccc1. The summed E-state index contributed by atoms with van der Waals surface area (Å²) in [5.41, 5.74) is 0. The van der Waals surface area contributed by atoms with Gasteiger partial charge >= 0.3 is 0 Å². The summed E-state index contributed by atoms with van der Waals surface area (Å²) in [5, 5.41) is 0.744. The number of ether oxygens (including phenoxy) is 2. The van der Waals surface area contributed by atoms with Crippen molar-refractivity contribution >= 4 is 21.8 Å². The van der Waals surface area contributed by atoms with E-state index in [1.807, 2.05) is 30.3 Å². The summed E-state index contributed by atoms with van der Waals surface area (Å²) >= 11 is 3.33. The minimum absolute atomic E-state index is 0.0321. The van der Waals surface area contributed by atoms with E-state index < -0.39 is 0 Å². The normalized spacial score (nSPS) is 10.1. The first kappa shape index (κ1) is 15.0. The van der Waals surface area contributed by atoms with Gasteiger partial charge in [0.05, 0.1) is 6.61 Å². The molecule has 1 aromatic rings. The van der Waals surface area contributed by atoms with Crippen LogP contribution in [0.5, 0.6) is 5.75 Å². The quantitative estimate of drug-likeness (QED) is 0.688. The molecule has 1 rings (SSSR count).